The van der Waals surface area contributed by atoms with Crippen molar-refractivity contribution in [2.24, 2.45) is 0 Å². The molecular weight excluding hydrogens is 403 g/mol. The van der Waals surface area contributed by atoms with Crippen molar-refractivity contribution in [2.75, 3.05) is 0 Å². The first-order valence-electron chi connectivity index (χ1n) is 4.41. The van der Waals surface area contributed by atoms with E-state index in [-0.39, 0.29) is 35.5 Å². The van der Waals surface area contributed by atoms with Crippen molar-refractivity contribution >= 4 is 35.5 Å². The molecule has 0 aliphatic heterocycles. The Hall–Kier alpha value is 0.146. The molecule has 0 amide bonds. The molecule has 0 radical (unpaired) electrons. The summed E-state index contributed by atoms with van der Waals surface area (Å²) < 4.78 is 154. The molecule has 138 valence electrons. The number of hydrogen-bond donors (Lipinski definition) is 0. The fraction of sp³-hybridized carbons (Fsp3) is 0.750. The van der Waals surface area contributed by atoms with E-state index in [0.717, 1.165) is 0 Å². The molecule has 0 atom stereocenters. The zero-order valence-electron chi connectivity index (χ0n) is 10.7. The first kappa shape index (κ1) is 31.0. The summed E-state index contributed by atoms with van der Waals surface area (Å²) in [5.74, 6) is -30.3. The van der Waals surface area contributed by atoms with Crippen molar-refractivity contribution in [3.63, 3.8) is 0 Å². The predicted molar refractivity (Wildman–Crippen MR) is 55.3 cm³/mol. The van der Waals surface area contributed by atoms with E-state index in [0.29, 0.717) is 0 Å². The van der Waals surface area contributed by atoms with Gasteiger partial charge in [-0.25, -0.2) is 8.78 Å². The Morgan fingerprint density at radius 1 is 0.609 bits per heavy atom. The van der Waals surface area contributed by atoms with E-state index in [4.69, 9.17) is 0 Å². The van der Waals surface area contributed by atoms with Crippen LogP contribution in [0.15, 0.2) is 0 Å². The van der Waals surface area contributed by atoms with Crippen LogP contribution >= 0.6 is 12.4 Å². The van der Waals surface area contributed by atoms with Crippen molar-refractivity contribution in [1.82, 2.24) is 0 Å². The smallest absolute Gasteiger partial charge is 0.415 e. The Morgan fingerprint density at radius 2 is 0.870 bits per heavy atom. The first-order valence-corrected chi connectivity index (χ1v) is 4.41. The Labute approximate surface area is 143 Å². The van der Waals surface area contributed by atoms with Gasteiger partial charge in [-0.15, -0.1) is 12.4 Å². The van der Waals surface area contributed by atoms with E-state index < -0.39 is 36.3 Å². The summed E-state index contributed by atoms with van der Waals surface area (Å²) in [5.41, 5.74) is 0. The Balaban J connectivity index is -0.000000432. The van der Waals surface area contributed by atoms with E-state index in [9.17, 15) is 57.1 Å². The molecule has 0 saturated carbocycles. The molecule has 0 aliphatic carbocycles. The zero-order chi connectivity index (χ0) is 18.1. The molecule has 23 heavy (non-hydrogen) atoms. The van der Waals surface area contributed by atoms with Crippen LogP contribution in [0.4, 0.5) is 57.1 Å². The second-order valence-corrected chi connectivity index (χ2v) is 3.06. The van der Waals surface area contributed by atoms with Crippen LogP contribution in [0.1, 0.15) is 6.92 Å². The minimum Gasteiger partial charge on any atom is -0.415 e. The quantitative estimate of drug-likeness (QED) is 0.332. The van der Waals surface area contributed by atoms with Crippen molar-refractivity contribution in [3.8, 4) is 0 Å². The van der Waals surface area contributed by atoms with E-state index in [1.54, 1.807) is 6.92 Å². The third-order valence-corrected chi connectivity index (χ3v) is 1.78. The SMILES string of the molecule is Cl.F[C-](F)C(F)(F)C(F)(F)C(F)(F)C(F)(F)C(F)(F)F.[CH2-]C.[Mg+2]. The van der Waals surface area contributed by atoms with Crippen LogP contribution in [0.2, 0.25) is 0 Å². The summed E-state index contributed by atoms with van der Waals surface area (Å²) in [4.78, 5) is 0. The van der Waals surface area contributed by atoms with Gasteiger partial charge in [0.2, 0.25) is 0 Å². The standard InChI is InChI=1S/C6F13.C2H5.ClH.Mg/c7-1(8)2(9,10)3(11,12)4(13,14)5(15,16)6(17,18)19;1-2;;/h;1H2,2H3;1H;/q2*-1;;+2. The summed E-state index contributed by atoms with van der Waals surface area (Å²) in [5, 5.41) is 0. The van der Waals surface area contributed by atoms with Crippen LogP contribution in [0.5, 0.6) is 0 Å². The van der Waals surface area contributed by atoms with Crippen LogP contribution < -0.4 is 0 Å². The summed E-state index contributed by atoms with van der Waals surface area (Å²) in [6.45, 7) is 5.00. The molecular formula is C8H6ClF13Mg. The second kappa shape index (κ2) is 9.01. The van der Waals surface area contributed by atoms with E-state index >= 15 is 0 Å². The van der Waals surface area contributed by atoms with Crippen molar-refractivity contribution in [3.05, 3.63) is 13.3 Å². The molecule has 0 nitrogen and oxygen atoms in total. The van der Waals surface area contributed by atoms with Gasteiger partial charge in [-0.2, -0.15) is 46.4 Å². The van der Waals surface area contributed by atoms with Gasteiger partial charge in [0.05, 0.1) is 6.43 Å². The first-order chi connectivity index (χ1) is 8.94. The van der Waals surface area contributed by atoms with Crippen LogP contribution in [0.3, 0.4) is 0 Å². The molecule has 0 bridgehead atoms. The van der Waals surface area contributed by atoms with Crippen molar-refractivity contribution < 1.29 is 57.1 Å². The van der Waals surface area contributed by atoms with Gasteiger partial charge in [-0.3, -0.25) is 0 Å². The molecule has 0 aromatic rings. The molecule has 0 N–H and O–H groups in total. The van der Waals surface area contributed by atoms with Crippen LogP contribution in [-0.2, 0) is 0 Å². The summed E-state index contributed by atoms with van der Waals surface area (Å²) >= 11 is 0. The fourth-order valence-electron chi connectivity index (χ4n) is 0.691. The molecule has 0 heterocycles. The molecule has 0 unspecified atom stereocenters. The van der Waals surface area contributed by atoms with Crippen molar-refractivity contribution in [1.29, 1.82) is 0 Å². The van der Waals surface area contributed by atoms with Gasteiger partial charge >= 0.3 is 47.0 Å². The summed E-state index contributed by atoms with van der Waals surface area (Å²) in [6.07, 6.45) is -12.1. The fourth-order valence-corrected chi connectivity index (χ4v) is 0.691. The maximum Gasteiger partial charge on any atom is 2.00 e. The minimum atomic E-state index is -7.80. The monoisotopic (exact) mass is 408 g/mol. The minimum absolute atomic E-state index is 0. The molecule has 0 fully saturated rings. The molecule has 0 aromatic heterocycles. The Bertz CT molecular complexity index is 337. The molecule has 0 aliphatic rings. The summed E-state index contributed by atoms with van der Waals surface area (Å²) in [7, 11) is 0. The number of alkyl halides is 11. The molecule has 0 aromatic carbocycles. The Morgan fingerprint density at radius 3 is 1.04 bits per heavy atom. The number of rotatable bonds is 4. The molecule has 0 spiro atoms. The summed E-state index contributed by atoms with van der Waals surface area (Å²) in [6, 6.07) is 0. The van der Waals surface area contributed by atoms with E-state index in [1.165, 1.54) is 0 Å². The number of hydrogen-bond acceptors (Lipinski definition) is 0. The second-order valence-electron chi connectivity index (χ2n) is 3.06. The molecule has 15 heteroatoms. The van der Waals surface area contributed by atoms with E-state index in [1.807, 2.05) is 0 Å². The average Bonchev–Trinajstić information content (AvgIpc) is 2.29. The van der Waals surface area contributed by atoms with Crippen LogP contribution in [-0.4, -0.2) is 52.9 Å². The van der Waals surface area contributed by atoms with Crippen LogP contribution in [0, 0.1) is 13.3 Å². The van der Waals surface area contributed by atoms with Gasteiger partial charge < -0.3 is 15.7 Å². The normalized spacial score (nSPS) is 13.6. The maximum atomic E-state index is 12.3. The zero-order valence-corrected chi connectivity index (χ0v) is 13.0. The topological polar surface area (TPSA) is 0 Å². The van der Waals surface area contributed by atoms with Crippen molar-refractivity contribution in [2.45, 2.75) is 36.8 Å². The molecule has 0 saturated heterocycles. The third kappa shape index (κ3) is 5.06. The largest absolute Gasteiger partial charge is 2.00 e. The van der Waals surface area contributed by atoms with Gasteiger partial charge in [-0.05, 0) is 0 Å². The Kier molecular flexibility index (Phi) is 12.1. The van der Waals surface area contributed by atoms with Gasteiger partial charge in [-0.1, -0.05) is 0 Å². The van der Waals surface area contributed by atoms with Gasteiger partial charge in [0.25, 0.3) is 5.92 Å². The predicted octanol–water partition coefficient (Wildman–Crippen LogP) is 5.40. The van der Waals surface area contributed by atoms with E-state index in [2.05, 4.69) is 6.92 Å². The third-order valence-electron chi connectivity index (χ3n) is 1.78. The number of halogens is 14. The molecule has 0 rings (SSSR count). The average molecular weight is 409 g/mol. The van der Waals surface area contributed by atoms with Gasteiger partial charge in [0.15, 0.2) is 0 Å². The van der Waals surface area contributed by atoms with Crippen LogP contribution in [0.25, 0.3) is 0 Å². The van der Waals surface area contributed by atoms with Gasteiger partial charge in [0, 0.05) is 0 Å². The maximum absolute atomic E-state index is 12.3. The van der Waals surface area contributed by atoms with Gasteiger partial charge in [0.1, 0.15) is 0 Å².